The Kier molecular flexibility index (Phi) is 4.32. The summed E-state index contributed by atoms with van der Waals surface area (Å²) in [7, 11) is 0. The van der Waals surface area contributed by atoms with Crippen molar-refractivity contribution in [2.45, 2.75) is 12.3 Å². The number of nitrogens with zero attached hydrogens (tertiary/aromatic N) is 2. The van der Waals surface area contributed by atoms with E-state index in [9.17, 15) is 20.2 Å². The first-order valence-electron chi connectivity index (χ1n) is 6.03. The van der Waals surface area contributed by atoms with Gasteiger partial charge in [-0.1, -0.05) is 34.1 Å². The van der Waals surface area contributed by atoms with E-state index in [2.05, 4.69) is 15.9 Å². The first-order valence-corrected chi connectivity index (χ1v) is 7.15. The van der Waals surface area contributed by atoms with Crippen LogP contribution in [0.3, 0.4) is 0 Å². The summed E-state index contributed by atoms with van der Waals surface area (Å²) in [6, 6.07) is 9.33. The quantitative estimate of drug-likeness (QED) is 0.465. The molecule has 0 unspecified atom stereocenters. The van der Waals surface area contributed by atoms with Gasteiger partial charge in [-0.15, -0.1) is 0 Å². The van der Waals surface area contributed by atoms with Crippen LogP contribution in [0.5, 0.6) is 0 Å². The van der Waals surface area contributed by atoms with Crippen LogP contribution in [0.15, 0.2) is 36.4 Å². The Morgan fingerprint density at radius 1 is 1.05 bits per heavy atom. The molecule has 6 nitrogen and oxygen atoms in total. The summed E-state index contributed by atoms with van der Waals surface area (Å²) in [6.45, 7) is 1.65. The van der Waals surface area contributed by atoms with Crippen LogP contribution in [-0.4, -0.2) is 9.85 Å². The maximum atomic E-state index is 11.3. The number of hydrogen-bond acceptors (Lipinski definition) is 4. The van der Waals surface area contributed by atoms with Gasteiger partial charge in [-0.05, 0) is 24.1 Å². The highest BCUT2D eigenvalue weighted by atomic mass is 79.9. The zero-order valence-corrected chi connectivity index (χ0v) is 12.7. The average molecular weight is 351 g/mol. The van der Waals surface area contributed by atoms with Gasteiger partial charge in [0.25, 0.3) is 11.4 Å². The van der Waals surface area contributed by atoms with Gasteiger partial charge in [-0.25, -0.2) is 0 Å². The molecule has 0 radical (unpaired) electrons. The number of benzene rings is 2. The third kappa shape index (κ3) is 2.92. The third-order valence-corrected chi connectivity index (χ3v) is 3.76. The predicted molar refractivity (Wildman–Crippen MR) is 82.6 cm³/mol. The Hall–Kier alpha value is -2.28. The molecule has 0 N–H and O–H groups in total. The molecule has 21 heavy (non-hydrogen) atoms. The van der Waals surface area contributed by atoms with Crippen molar-refractivity contribution in [2.75, 3.05) is 0 Å². The van der Waals surface area contributed by atoms with Crippen molar-refractivity contribution in [1.29, 1.82) is 0 Å². The second-order valence-corrected chi connectivity index (χ2v) is 5.02. The van der Waals surface area contributed by atoms with Gasteiger partial charge < -0.3 is 0 Å². The zero-order chi connectivity index (χ0) is 15.6. The summed E-state index contributed by atoms with van der Waals surface area (Å²) in [5, 5.41) is 22.7. The van der Waals surface area contributed by atoms with Gasteiger partial charge in [-0.2, -0.15) is 0 Å². The molecule has 0 aliphatic rings. The fraction of sp³-hybridized carbons (Fsp3) is 0.143. The van der Waals surface area contributed by atoms with Crippen molar-refractivity contribution in [3.8, 4) is 11.1 Å². The molecule has 0 fully saturated rings. The lowest BCUT2D eigenvalue weighted by Gasteiger charge is -2.09. The van der Waals surface area contributed by atoms with Crippen LogP contribution in [0.2, 0.25) is 0 Å². The molecule has 0 saturated carbocycles. The molecular weight excluding hydrogens is 340 g/mol. The maximum absolute atomic E-state index is 11.3. The van der Waals surface area contributed by atoms with Crippen LogP contribution in [0.4, 0.5) is 11.4 Å². The second-order valence-electron chi connectivity index (χ2n) is 4.46. The largest absolute Gasteiger partial charge is 0.280 e. The highest BCUT2D eigenvalue weighted by Crippen LogP contribution is 2.37. The number of alkyl halides is 1. The number of hydrogen-bond donors (Lipinski definition) is 0. The molecule has 0 amide bonds. The van der Waals surface area contributed by atoms with Crippen LogP contribution in [0.25, 0.3) is 11.1 Å². The first-order chi connectivity index (χ1) is 9.95. The van der Waals surface area contributed by atoms with E-state index in [-0.39, 0.29) is 11.4 Å². The van der Waals surface area contributed by atoms with Gasteiger partial charge >= 0.3 is 0 Å². The lowest BCUT2D eigenvalue weighted by Crippen LogP contribution is -1.98. The van der Waals surface area contributed by atoms with Gasteiger partial charge in [0.2, 0.25) is 0 Å². The highest BCUT2D eigenvalue weighted by molar-refractivity contribution is 9.08. The summed E-state index contributed by atoms with van der Waals surface area (Å²) < 4.78 is 0. The highest BCUT2D eigenvalue weighted by Gasteiger charge is 2.21. The van der Waals surface area contributed by atoms with Gasteiger partial charge in [0, 0.05) is 23.0 Å². The predicted octanol–water partition coefficient (Wildman–Crippen LogP) is 4.37. The van der Waals surface area contributed by atoms with Crippen molar-refractivity contribution >= 4 is 27.3 Å². The second kappa shape index (κ2) is 6.01. The van der Waals surface area contributed by atoms with E-state index < -0.39 is 9.85 Å². The molecule has 0 aliphatic carbocycles. The van der Waals surface area contributed by atoms with Crippen molar-refractivity contribution in [3.05, 3.63) is 67.8 Å². The molecule has 0 aliphatic heterocycles. The van der Waals surface area contributed by atoms with E-state index in [1.807, 2.05) is 0 Å². The Bertz CT molecular complexity index is 731. The Morgan fingerprint density at radius 2 is 1.76 bits per heavy atom. The molecule has 0 saturated heterocycles. The summed E-state index contributed by atoms with van der Waals surface area (Å²) in [5.74, 6) is 0. The smallest absolute Gasteiger partial charge is 0.258 e. The van der Waals surface area contributed by atoms with Crippen molar-refractivity contribution in [3.63, 3.8) is 0 Å². The van der Waals surface area contributed by atoms with Crippen LogP contribution in [-0.2, 0) is 5.33 Å². The fourth-order valence-electron chi connectivity index (χ4n) is 2.16. The molecule has 0 atom stereocenters. The average Bonchev–Trinajstić information content (AvgIpc) is 2.45. The van der Waals surface area contributed by atoms with E-state index in [1.54, 1.807) is 31.2 Å². The molecule has 108 valence electrons. The van der Waals surface area contributed by atoms with Crippen molar-refractivity contribution in [1.82, 2.24) is 0 Å². The summed E-state index contributed by atoms with van der Waals surface area (Å²) >= 11 is 3.31. The van der Waals surface area contributed by atoms with Gasteiger partial charge in [0.15, 0.2) is 0 Å². The molecule has 2 aromatic rings. The molecule has 0 heterocycles. The fourth-order valence-corrected chi connectivity index (χ4v) is 2.65. The van der Waals surface area contributed by atoms with E-state index in [0.717, 1.165) is 5.56 Å². The molecule has 2 rings (SSSR count). The summed E-state index contributed by atoms with van der Waals surface area (Å²) in [5.41, 5.74) is 2.04. The standard InChI is InChI=1S/C14H11BrN2O4/c1-9-3-2-4-12(14(9)17(20)21)13-7-11(16(18)19)6-5-10(13)8-15/h2-7H,8H2,1H3. The minimum absolute atomic E-state index is 0.0276. The van der Waals surface area contributed by atoms with E-state index in [4.69, 9.17) is 0 Å². The summed E-state index contributed by atoms with van der Waals surface area (Å²) in [4.78, 5) is 21.3. The van der Waals surface area contributed by atoms with Gasteiger partial charge in [0.05, 0.1) is 15.4 Å². The van der Waals surface area contributed by atoms with Crippen LogP contribution in [0.1, 0.15) is 11.1 Å². The molecule has 0 spiro atoms. The van der Waals surface area contributed by atoms with E-state index in [1.165, 1.54) is 12.1 Å². The van der Waals surface area contributed by atoms with E-state index >= 15 is 0 Å². The van der Waals surface area contributed by atoms with Crippen LogP contribution < -0.4 is 0 Å². The van der Waals surface area contributed by atoms with Crippen molar-refractivity contribution in [2.24, 2.45) is 0 Å². The number of nitro benzene ring substituents is 2. The lowest BCUT2D eigenvalue weighted by atomic mass is 9.96. The number of rotatable bonds is 4. The molecule has 7 heteroatoms. The molecular formula is C14H11BrN2O4. The van der Waals surface area contributed by atoms with Crippen LogP contribution in [0, 0.1) is 27.2 Å². The zero-order valence-electron chi connectivity index (χ0n) is 11.1. The first kappa shape index (κ1) is 15.1. The minimum atomic E-state index is -0.511. The maximum Gasteiger partial charge on any atom is 0.280 e. The lowest BCUT2D eigenvalue weighted by molar-refractivity contribution is -0.385. The minimum Gasteiger partial charge on any atom is -0.258 e. The number of halogens is 1. The number of aryl methyl sites for hydroxylation is 1. The third-order valence-electron chi connectivity index (χ3n) is 3.16. The SMILES string of the molecule is Cc1cccc(-c2cc([N+](=O)[O-])ccc2CBr)c1[N+](=O)[O-]. The van der Waals surface area contributed by atoms with Crippen LogP contribution >= 0.6 is 15.9 Å². The Balaban J connectivity index is 2.77. The molecule has 2 aromatic carbocycles. The van der Waals surface area contributed by atoms with Gasteiger partial charge in [-0.3, -0.25) is 20.2 Å². The Morgan fingerprint density at radius 3 is 2.33 bits per heavy atom. The molecule has 0 bridgehead atoms. The van der Waals surface area contributed by atoms with Gasteiger partial charge in [0.1, 0.15) is 0 Å². The van der Waals surface area contributed by atoms with Crippen molar-refractivity contribution < 1.29 is 9.85 Å². The van der Waals surface area contributed by atoms with E-state index in [0.29, 0.717) is 22.0 Å². The number of non-ortho nitro benzene ring substituents is 1. The normalized spacial score (nSPS) is 10.4. The summed E-state index contributed by atoms with van der Waals surface area (Å²) in [6.07, 6.45) is 0. The topological polar surface area (TPSA) is 86.3 Å². The Labute approximate surface area is 128 Å². The molecule has 0 aromatic heterocycles. The number of nitro groups is 2. The monoisotopic (exact) mass is 350 g/mol. The number of para-hydroxylation sites is 1.